The number of aromatic nitrogens is 1. The molecule has 0 aliphatic carbocycles. The topological polar surface area (TPSA) is 76.2 Å². The first-order valence-corrected chi connectivity index (χ1v) is 4.28. The van der Waals surface area contributed by atoms with Crippen molar-refractivity contribution in [3.05, 3.63) is 45.2 Å². The van der Waals surface area contributed by atoms with Crippen LogP contribution in [0, 0.1) is 0 Å². The lowest BCUT2D eigenvalue weighted by Crippen LogP contribution is -2.18. The van der Waals surface area contributed by atoms with Crippen LogP contribution < -0.4 is 11.0 Å². The lowest BCUT2D eigenvalue weighted by atomic mass is 10.2. The minimum absolute atomic E-state index is 0.317. The number of aromatic amines is 1. The lowest BCUT2D eigenvalue weighted by molar-refractivity contribution is 0.510. The molecule has 1 aromatic carbocycles. The molecule has 0 unspecified atom stereocenters. The molecular weight excluding hydrogens is 198 g/mol. The van der Waals surface area contributed by atoms with E-state index in [9.17, 15) is 9.59 Å². The monoisotopic (exact) mass is 203 g/mol. The Morgan fingerprint density at radius 2 is 1.67 bits per heavy atom. The minimum Gasteiger partial charge on any atom is -0.458 e. The molecule has 3 rings (SSSR count). The van der Waals surface area contributed by atoms with Crippen molar-refractivity contribution >= 4 is 22.1 Å². The average Bonchev–Trinajstić information content (AvgIpc) is 2.52. The van der Waals surface area contributed by atoms with Gasteiger partial charge in [-0.05, 0) is 6.07 Å². The van der Waals surface area contributed by atoms with Gasteiger partial charge in [0.15, 0.2) is 11.2 Å². The molecule has 0 atom stereocenters. The number of fused-ring (bicyclic) bond motifs is 2. The first-order valence-electron chi connectivity index (χ1n) is 4.28. The van der Waals surface area contributed by atoms with Crippen LogP contribution >= 0.6 is 0 Å². The van der Waals surface area contributed by atoms with Crippen LogP contribution in [0.3, 0.4) is 0 Å². The van der Waals surface area contributed by atoms with E-state index < -0.39 is 11.0 Å². The summed E-state index contributed by atoms with van der Waals surface area (Å²) in [5.41, 5.74) is 0.196. The van der Waals surface area contributed by atoms with Gasteiger partial charge in [0.2, 0.25) is 0 Å². The van der Waals surface area contributed by atoms with Gasteiger partial charge in [-0.1, -0.05) is 0 Å². The Kier molecular flexibility index (Phi) is 1.39. The van der Waals surface area contributed by atoms with Crippen molar-refractivity contribution in [1.29, 1.82) is 0 Å². The Hall–Kier alpha value is -2.30. The Balaban J connectivity index is 2.64. The molecule has 5 heteroatoms. The molecule has 5 nitrogen and oxygen atoms in total. The van der Waals surface area contributed by atoms with E-state index in [1.54, 1.807) is 6.07 Å². The van der Waals surface area contributed by atoms with Gasteiger partial charge in [0, 0.05) is 6.07 Å². The number of hydrogen-bond acceptors (Lipinski definition) is 4. The molecule has 0 bridgehead atoms. The van der Waals surface area contributed by atoms with E-state index in [0.717, 1.165) is 0 Å². The van der Waals surface area contributed by atoms with Gasteiger partial charge < -0.3 is 13.8 Å². The summed E-state index contributed by atoms with van der Waals surface area (Å²) in [6.07, 6.45) is 2.75. The minimum atomic E-state index is -0.625. The summed E-state index contributed by atoms with van der Waals surface area (Å²) < 4.78 is 10.3. The number of nitrogens with one attached hydrogen (secondary N) is 1. The Bertz CT molecular complexity index is 762. The van der Waals surface area contributed by atoms with E-state index >= 15 is 0 Å². The van der Waals surface area contributed by atoms with Crippen LogP contribution in [0.5, 0.6) is 0 Å². The summed E-state index contributed by atoms with van der Waals surface area (Å²) in [5, 5.41) is 0.317. The van der Waals surface area contributed by atoms with Crippen molar-refractivity contribution in [2.45, 2.75) is 0 Å². The van der Waals surface area contributed by atoms with Crippen molar-refractivity contribution in [2.24, 2.45) is 0 Å². The first kappa shape index (κ1) is 8.05. The molecule has 0 saturated heterocycles. The summed E-state index contributed by atoms with van der Waals surface area (Å²) in [6.45, 7) is 0. The Morgan fingerprint density at radius 3 is 2.40 bits per heavy atom. The van der Waals surface area contributed by atoms with Crippen LogP contribution in [-0.2, 0) is 0 Å². The predicted octanol–water partition coefficient (Wildman–Crippen LogP) is 1.23. The van der Waals surface area contributed by atoms with Crippen LogP contribution in [0.15, 0.2) is 43.1 Å². The molecule has 1 N–H and O–H groups in total. The molecule has 0 fully saturated rings. The summed E-state index contributed by atoms with van der Waals surface area (Å²) in [4.78, 5) is 24.9. The zero-order chi connectivity index (χ0) is 10.4. The fraction of sp³-hybridized carbons (Fsp3) is 0. The number of rotatable bonds is 0. The van der Waals surface area contributed by atoms with Gasteiger partial charge >= 0.3 is 0 Å². The number of H-pyrrole nitrogens is 1. The van der Waals surface area contributed by atoms with Crippen molar-refractivity contribution in [2.75, 3.05) is 0 Å². The third kappa shape index (κ3) is 1.03. The average molecular weight is 203 g/mol. The zero-order valence-corrected chi connectivity index (χ0v) is 7.44. The van der Waals surface area contributed by atoms with Crippen LogP contribution in [-0.4, -0.2) is 4.98 Å². The van der Waals surface area contributed by atoms with Gasteiger partial charge in [-0.15, -0.1) is 0 Å². The van der Waals surface area contributed by atoms with Crippen molar-refractivity contribution in [3.63, 3.8) is 0 Å². The van der Waals surface area contributed by atoms with E-state index in [-0.39, 0.29) is 0 Å². The number of hydrogen-bond donors (Lipinski definition) is 1. The van der Waals surface area contributed by atoms with Gasteiger partial charge in [0.05, 0.1) is 10.9 Å². The Labute approximate surface area is 81.9 Å². The fourth-order valence-electron chi connectivity index (χ4n) is 1.54. The smallest absolute Gasteiger partial charge is 0.296 e. The van der Waals surface area contributed by atoms with Crippen LogP contribution in [0.1, 0.15) is 0 Å². The number of benzene rings is 1. The van der Waals surface area contributed by atoms with Crippen LogP contribution in [0.25, 0.3) is 22.1 Å². The second-order valence-electron chi connectivity index (χ2n) is 3.14. The second-order valence-corrected chi connectivity index (χ2v) is 3.14. The van der Waals surface area contributed by atoms with Crippen LogP contribution in [0.4, 0.5) is 0 Å². The third-order valence-corrected chi connectivity index (χ3v) is 2.23. The van der Waals surface area contributed by atoms with E-state index in [4.69, 9.17) is 8.83 Å². The van der Waals surface area contributed by atoms with Gasteiger partial charge in [0.25, 0.3) is 11.0 Å². The maximum Gasteiger partial charge on any atom is 0.296 e. The highest BCUT2D eigenvalue weighted by Crippen LogP contribution is 2.18. The highest BCUT2D eigenvalue weighted by molar-refractivity contribution is 5.91. The largest absolute Gasteiger partial charge is 0.458 e. The second kappa shape index (κ2) is 2.60. The highest BCUT2D eigenvalue weighted by Gasteiger charge is 2.08. The van der Waals surface area contributed by atoms with E-state index in [1.165, 1.54) is 18.6 Å². The van der Waals surface area contributed by atoms with Crippen molar-refractivity contribution in [1.82, 2.24) is 4.98 Å². The molecule has 0 aliphatic heterocycles. The van der Waals surface area contributed by atoms with E-state index in [1.807, 2.05) is 0 Å². The van der Waals surface area contributed by atoms with Gasteiger partial charge in [0.1, 0.15) is 12.5 Å². The molecule has 2 heterocycles. The van der Waals surface area contributed by atoms with E-state index in [0.29, 0.717) is 22.1 Å². The van der Waals surface area contributed by atoms with Gasteiger partial charge in [-0.25, -0.2) is 0 Å². The molecule has 15 heavy (non-hydrogen) atoms. The summed E-state index contributed by atoms with van der Waals surface area (Å²) >= 11 is 0. The predicted molar refractivity (Wildman–Crippen MR) is 52.9 cm³/mol. The molecule has 0 spiro atoms. The molecule has 0 saturated carbocycles. The molecule has 3 aromatic rings. The molecule has 0 amide bonds. The maximum absolute atomic E-state index is 11.4. The van der Waals surface area contributed by atoms with Crippen molar-refractivity contribution < 1.29 is 8.83 Å². The molecular formula is C10H5NO4. The third-order valence-electron chi connectivity index (χ3n) is 2.23. The first-order chi connectivity index (χ1) is 7.25. The van der Waals surface area contributed by atoms with Gasteiger partial charge in [-0.2, -0.15) is 0 Å². The Morgan fingerprint density at radius 1 is 1.00 bits per heavy atom. The fourth-order valence-corrected chi connectivity index (χ4v) is 1.54. The summed E-state index contributed by atoms with van der Waals surface area (Å²) in [5.74, 6) is 0. The zero-order valence-electron chi connectivity index (χ0n) is 7.44. The lowest BCUT2D eigenvalue weighted by Gasteiger charge is -1.94. The molecule has 0 aliphatic rings. The maximum atomic E-state index is 11.4. The van der Waals surface area contributed by atoms with Crippen LogP contribution in [0.2, 0.25) is 0 Å². The quantitative estimate of drug-likeness (QED) is 0.557. The standard InChI is InChI=1S/C10H5NO4/c12-9-5-3-7-8(15-2-1-14-7)4-6(5)11-10(9)13/h1-4H,(H,11,12,13). The molecule has 2 aromatic heterocycles. The molecule has 0 radical (unpaired) electrons. The molecule has 74 valence electrons. The highest BCUT2D eigenvalue weighted by atomic mass is 16.4. The summed E-state index contributed by atoms with van der Waals surface area (Å²) in [7, 11) is 0. The SMILES string of the molecule is O=c1[nH]c2cc3occoc3cc2c1=O. The van der Waals surface area contributed by atoms with Gasteiger partial charge in [-0.3, -0.25) is 9.59 Å². The normalized spacial score (nSPS) is 11.2. The van der Waals surface area contributed by atoms with Crippen molar-refractivity contribution in [3.8, 4) is 0 Å². The summed E-state index contributed by atoms with van der Waals surface area (Å²) in [6, 6.07) is 3.06. The van der Waals surface area contributed by atoms with E-state index in [2.05, 4.69) is 4.98 Å².